The quantitative estimate of drug-likeness (QED) is 0.546. The summed E-state index contributed by atoms with van der Waals surface area (Å²) in [5.74, 6) is -0.387. The largest absolute Gasteiger partial charge is 0.302 e. The van der Waals surface area contributed by atoms with Crippen LogP contribution in [0.1, 0.15) is 12.5 Å². The average Bonchev–Trinajstić information content (AvgIpc) is 2.26. The number of aryl methyl sites for hydroxylation is 1. The second kappa shape index (κ2) is 5.89. The highest BCUT2D eigenvalue weighted by atomic mass is 32.2. The van der Waals surface area contributed by atoms with Gasteiger partial charge >= 0.3 is 0 Å². The predicted molar refractivity (Wildman–Crippen MR) is 71.1 cm³/mol. The van der Waals surface area contributed by atoms with Gasteiger partial charge in [-0.1, -0.05) is 17.7 Å². The van der Waals surface area contributed by atoms with Crippen LogP contribution in [0.5, 0.6) is 0 Å². The van der Waals surface area contributed by atoms with Gasteiger partial charge in [0, 0.05) is 6.92 Å². The first kappa shape index (κ1) is 14.6. The van der Waals surface area contributed by atoms with Gasteiger partial charge in [-0.25, -0.2) is 8.42 Å². The molecule has 0 aromatic heterocycles. The molecular formula is C10H13N3O3S2. The number of nitrogens with one attached hydrogen (secondary N) is 3. The molecule has 1 aromatic rings. The number of hydrogen-bond acceptors (Lipinski definition) is 4. The SMILES string of the molecule is CC(=O)NC(=S)NNS(=O)(=O)c1ccc(C)cc1. The highest BCUT2D eigenvalue weighted by molar-refractivity contribution is 7.89. The summed E-state index contributed by atoms with van der Waals surface area (Å²) in [5, 5.41) is 2.12. The lowest BCUT2D eigenvalue weighted by Gasteiger charge is -2.10. The summed E-state index contributed by atoms with van der Waals surface area (Å²) in [6, 6.07) is 6.31. The fourth-order valence-corrected chi connectivity index (χ4v) is 2.19. The molecule has 0 fully saturated rings. The molecule has 0 saturated heterocycles. The number of benzene rings is 1. The Labute approximate surface area is 111 Å². The summed E-state index contributed by atoms with van der Waals surface area (Å²) in [5.41, 5.74) is 3.18. The van der Waals surface area contributed by atoms with Gasteiger partial charge in [-0.3, -0.25) is 10.2 Å². The van der Waals surface area contributed by atoms with Crippen LogP contribution >= 0.6 is 12.2 Å². The number of hydrazine groups is 1. The molecule has 3 N–H and O–H groups in total. The van der Waals surface area contributed by atoms with E-state index in [1.54, 1.807) is 12.1 Å². The third-order valence-electron chi connectivity index (χ3n) is 1.92. The van der Waals surface area contributed by atoms with Crippen LogP contribution in [0.15, 0.2) is 29.2 Å². The Morgan fingerprint density at radius 1 is 1.22 bits per heavy atom. The van der Waals surface area contributed by atoms with E-state index in [9.17, 15) is 13.2 Å². The Morgan fingerprint density at radius 2 is 1.78 bits per heavy atom. The Balaban J connectivity index is 2.68. The molecule has 8 heteroatoms. The molecular weight excluding hydrogens is 274 g/mol. The lowest BCUT2D eigenvalue weighted by molar-refractivity contribution is -0.117. The van der Waals surface area contributed by atoms with Crippen molar-refractivity contribution >= 4 is 33.3 Å². The van der Waals surface area contributed by atoms with Crippen molar-refractivity contribution in [3.8, 4) is 0 Å². The van der Waals surface area contributed by atoms with Crippen LogP contribution in [0, 0.1) is 6.92 Å². The number of hydrogen-bond donors (Lipinski definition) is 3. The second-order valence-corrected chi connectivity index (χ2v) is 5.64. The van der Waals surface area contributed by atoms with Crippen LogP contribution in [-0.2, 0) is 14.8 Å². The van der Waals surface area contributed by atoms with Crippen molar-refractivity contribution in [2.24, 2.45) is 0 Å². The number of carbonyl (C=O) groups is 1. The molecule has 0 aliphatic rings. The lowest BCUT2D eigenvalue weighted by atomic mass is 10.2. The maximum atomic E-state index is 11.8. The van der Waals surface area contributed by atoms with Crippen LogP contribution in [0.25, 0.3) is 0 Å². The fourth-order valence-electron chi connectivity index (χ4n) is 1.08. The standard InChI is InChI=1S/C10H13N3O3S2/c1-7-3-5-9(6-4-7)18(15,16)13-12-10(17)11-8(2)14/h3-6,13H,1-2H3,(H2,11,12,14,17). The second-order valence-electron chi connectivity index (χ2n) is 3.55. The molecule has 1 rings (SSSR count). The van der Waals surface area contributed by atoms with Gasteiger partial charge in [0.05, 0.1) is 4.90 Å². The van der Waals surface area contributed by atoms with E-state index in [1.165, 1.54) is 19.1 Å². The maximum absolute atomic E-state index is 11.8. The number of carbonyl (C=O) groups excluding carboxylic acids is 1. The van der Waals surface area contributed by atoms with Crippen molar-refractivity contribution < 1.29 is 13.2 Å². The first-order chi connectivity index (χ1) is 8.31. The Hall–Kier alpha value is -1.51. The minimum absolute atomic E-state index is 0.103. The molecule has 1 amide bonds. The zero-order valence-electron chi connectivity index (χ0n) is 9.85. The van der Waals surface area contributed by atoms with Crippen molar-refractivity contribution in [1.29, 1.82) is 0 Å². The first-order valence-electron chi connectivity index (χ1n) is 4.97. The summed E-state index contributed by atoms with van der Waals surface area (Å²) >= 11 is 4.70. The van der Waals surface area contributed by atoms with Crippen molar-refractivity contribution in [2.45, 2.75) is 18.7 Å². The van der Waals surface area contributed by atoms with Gasteiger partial charge in [-0.15, -0.1) is 4.83 Å². The van der Waals surface area contributed by atoms with E-state index in [1.807, 2.05) is 6.92 Å². The lowest BCUT2D eigenvalue weighted by Crippen LogP contribution is -2.47. The normalized spacial score (nSPS) is 10.8. The first-order valence-corrected chi connectivity index (χ1v) is 6.86. The van der Waals surface area contributed by atoms with Crippen molar-refractivity contribution in [1.82, 2.24) is 15.6 Å². The Bertz CT molecular complexity index is 552. The van der Waals surface area contributed by atoms with Gasteiger partial charge < -0.3 is 5.32 Å². The van der Waals surface area contributed by atoms with Gasteiger partial charge in [-0.05, 0) is 31.3 Å². The molecule has 98 valence electrons. The zero-order valence-corrected chi connectivity index (χ0v) is 11.5. The highest BCUT2D eigenvalue weighted by Gasteiger charge is 2.13. The fraction of sp³-hybridized carbons (Fsp3) is 0.200. The third kappa shape index (κ3) is 4.40. The van der Waals surface area contributed by atoms with E-state index in [2.05, 4.69) is 15.6 Å². The number of amides is 1. The van der Waals surface area contributed by atoms with E-state index < -0.39 is 10.0 Å². The van der Waals surface area contributed by atoms with Gasteiger partial charge in [0.2, 0.25) is 5.91 Å². The van der Waals surface area contributed by atoms with E-state index in [4.69, 9.17) is 12.2 Å². The summed E-state index contributed by atoms with van der Waals surface area (Å²) in [4.78, 5) is 12.8. The molecule has 6 nitrogen and oxygen atoms in total. The summed E-state index contributed by atoms with van der Waals surface area (Å²) in [6.07, 6.45) is 0. The topological polar surface area (TPSA) is 87.3 Å². The number of sulfonamides is 1. The molecule has 0 heterocycles. The molecule has 0 saturated carbocycles. The van der Waals surface area contributed by atoms with E-state index >= 15 is 0 Å². The minimum atomic E-state index is -3.71. The van der Waals surface area contributed by atoms with Crippen LogP contribution in [0.2, 0.25) is 0 Å². The van der Waals surface area contributed by atoms with E-state index in [-0.39, 0.29) is 15.9 Å². The third-order valence-corrected chi connectivity index (χ3v) is 3.39. The van der Waals surface area contributed by atoms with Crippen LogP contribution in [0.4, 0.5) is 0 Å². The Morgan fingerprint density at radius 3 is 2.28 bits per heavy atom. The van der Waals surface area contributed by atoms with Crippen molar-refractivity contribution in [3.05, 3.63) is 29.8 Å². The molecule has 0 radical (unpaired) electrons. The molecule has 0 spiro atoms. The molecule has 0 atom stereocenters. The summed E-state index contributed by atoms with van der Waals surface area (Å²) < 4.78 is 23.6. The monoisotopic (exact) mass is 287 g/mol. The van der Waals surface area contributed by atoms with Crippen molar-refractivity contribution in [3.63, 3.8) is 0 Å². The molecule has 1 aromatic carbocycles. The molecule has 0 aliphatic carbocycles. The van der Waals surface area contributed by atoms with Gasteiger partial charge in [0.25, 0.3) is 10.0 Å². The van der Waals surface area contributed by atoms with Crippen LogP contribution in [-0.4, -0.2) is 19.4 Å². The summed E-state index contributed by atoms with van der Waals surface area (Å²) in [6.45, 7) is 3.12. The van der Waals surface area contributed by atoms with Gasteiger partial charge in [0.1, 0.15) is 0 Å². The molecule has 18 heavy (non-hydrogen) atoms. The Kier molecular flexibility index (Phi) is 4.76. The van der Waals surface area contributed by atoms with Crippen LogP contribution in [0.3, 0.4) is 0 Å². The molecule has 0 aliphatic heterocycles. The van der Waals surface area contributed by atoms with Crippen molar-refractivity contribution in [2.75, 3.05) is 0 Å². The minimum Gasteiger partial charge on any atom is -0.302 e. The number of thiocarbonyl (C=S) groups is 1. The molecule has 0 bridgehead atoms. The zero-order chi connectivity index (χ0) is 13.8. The molecule has 0 unspecified atom stereocenters. The van der Waals surface area contributed by atoms with Gasteiger partial charge in [0.15, 0.2) is 5.11 Å². The summed E-state index contributed by atoms with van der Waals surface area (Å²) in [7, 11) is -3.71. The van der Waals surface area contributed by atoms with Crippen LogP contribution < -0.4 is 15.6 Å². The highest BCUT2D eigenvalue weighted by Crippen LogP contribution is 2.08. The van der Waals surface area contributed by atoms with E-state index in [0.29, 0.717) is 0 Å². The average molecular weight is 287 g/mol. The van der Waals surface area contributed by atoms with E-state index in [0.717, 1.165) is 5.56 Å². The van der Waals surface area contributed by atoms with Gasteiger partial charge in [-0.2, -0.15) is 0 Å². The maximum Gasteiger partial charge on any atom is 0.257 e. The predicted octanol–water partition coefficient (Wildman–Crippen LogP) is 0.199. The smallest absolute Gasteiger partial charge is 0.257 e. The number of rotatable bonds is 3.